The number of fused-ring (bicyclic) bond motifs is 1. The van der Waals surface area contributed by atoms with Crippen LogP contribution < -0.4 is 15.0 Å². The van der Waals surface area contributed by atoms with E-state index in [4.69, 9.17) is 4.74 Å². The molecular weight excluding hydrogens is 358 g/mol. The van der Waals surface area contributed by atoms with Crippen LogP contribution in [-0.4, -0.2) is 60.7 Å². The van der Waals surface area contributed by atoms with Crippen LogP contribution in [0.25, 0.3) is 0 Å². The zero-order valence-corrected chi connectivity index (χ0v) is 16.0. The quantitative estimate of drug-likeness (QED) is 0.769. The molecule has 0 saturated carbocycles. The van der Waals surface area contributed by atoms with Crippen molar-refractivity contribution in [2.75, 3.05) is 43.5 Å². The number of carbonyl (C=O) groups is 2. The molecule has 8 heteroatoms. The van der Waals surface area contributed by atoms with Gasteiger partial charge < -0.3 is 19.9 Å². The number of benzene rings is 1. The summed E-state index contributed by atoms with van der Waals surface area (Å²) in [5, 5.41) is 10.2. The number of aromatic nitrogens is 2. The van der Waals surface area contributed by atoms with Crippen molar-refractivity contribution in [3.63, 3.8) is 0 Å². The largest absolute Gasteiger partial charge is 0.495 e. The average molecular weight is 383 g/mol. The predicted octanol–water partition coefficient (Wildman–Crippen LogP) is 1.83. The smallest absolute Gasteiger partial charge is 0.276 e. The van der Waals surface area contributed by atoms with E-state index in [-0.39, 0.29) is 5.91 Å². The van der Waals surface area contributed by atoms with Gasteiger partial charge in [-0.15, -0.1) is 0 Å². The van der Waals surface area contributed by atoms with E-state index in [1.165, 1.54) is 0 Å². The molecule has 28 heavy (non-hydrogen) atoms. The SMILES string of the molecule is COc1ccc(N2CCN(C=O)CC2)cc1NC(=O)c1n[nH]c2c1CCCC2. The molecule has 2 aliphatic rings. The summed E-state index contributed by atoms with van der Waals surface area (Å²) in [4.78, 5) is 27.8. The molecule has 2 amide bonds. The number of H-pyrrole nitrogens is 1. The van der Waals surface area contributed by atoms with E-state index in [1.807, 2.05) is 18.2 Å². The minimum absolute atomic E-state index is 0.222. The zero-order chi connectivity index (χ0) is 19.5. The van der Waals surface area contributed by atoms with E-state index >= 15 is 0 Å². The van der Waals surface area contributed by atoms with Gasteiger partial charge in [0.25, 0.3) is 5.91 Å². The molecule has 1 aliphatic carbocycles. The van der Waals surface area contributed by atoms with Crippen molar-refractivity contribution < 1.29 is 14.3 Å². The minimum atomic E-state index is -0.222. The lowest BCUT2D eigenvalue weighted by Gasteiger charge is -2.34. The van der Waals surface area contributed by atoms with Crippen molar-refractivity contribution in [2.24, 2.45) is 0 Å². The third kappa shape index (κ3) is 3.54. The molecule has 0 atom stereocenters. The second-order valence-electron chi connectivity index (χ2n) is 7.20. The molecule has 2 heterocycles. The number of nitrogens with zero attached hydrogens (tertiary/aromatic N) is 3. The average Bonchev–Trinajstić information content (AvgIpc) is 3.18. The fraction of sp³-hybridized carbons (Fsp3) is 0.450. The monoisotopic (exact) mass is 383 g/mol. The van der Waals surface area contributed by atoms with E-state index in [0.29, 0.717) is 30.2 Å². The number of aryl methyl sites for hydroxylation is 1. The van der Waals surface area contributed by atoms with E-state index in [9.17, 15) is 9.59 Å². The fourth-order valence-corrected chi connectivity index (χ4v) is 3.93. The Morgan fingerprint density at radius 3 is 2.75 bits per heavy atom. The highest BCUT2D eigenvalue weighted by molar-refractivity contribution is 6.05. The van der Waals surface area contributed by atoms with Crippen LogP contribution in [0.4, 0.5) is 11.4 Å². The molecule has 1 aliphatic heterocycles. The topological polar surface area (TPSA) is 90.6 Å². The van der Waals surface area contributed by atoms with Gasteiger partial charge in [-0.2, -0.15) is 5.10 Å². The second kappa shape index (κ2) is 7.92. The van der Waals surface area contributed by atoms with Crippen LogP contribution in [0.3, 0.4) is 0 Å². The maximum absolute atomic E-state index is 12.9. The summed E-state index contributed by atoms with van der Waals surface area (Å²) in [6.07, 6.45) is 4.93. The lowest BCUT2D eigenvalue weighted by Crippen LogP contribution is -2.45. The number of hydrogen-bond acceptors (Lipinski definition) is 5. The molecule has 0 unspecified atom stereocenters. The van der Waals surface area contributed by atoms with Crippen LogP contribution in [-0.2, 0) is 17.6 Å². The summed E-state index contributed by atoms with van der Waals surface area (Å²) in [5.41, 5.74) is 4.19. The third-order valence-electron chi connectivity index (χ3n) is 5.53. The van der Waals surface area contributed by atoms with Gasteiger partial charge in [-0.1, -0.05) is 0 Å². The maximum Gasteiger partial charge on any atom is 0.276 e. The van der Waals surface area contributed by atoms with E-state index in [1.54, 1.807) is 12.0 Å². The number of carbonyl (C=O) groups excluding carboxylic acids is 2. The molecule has 1 aromatic heterocycles. The van der Waals surface area contributed by atoms with Crippen molar-refractivity contribution >= 4 is 23.7 Å². The molecule has 148 valence electrons. The standard InChI is InChI=1S/C20H25N5O3/c1-28-18-7-6-14(25-10-8-24(13-26)9-11-25)12-17(18)21-20(27)19-15-4-2-3-5-16(15)22-23-19/h6-7,12-13H,2-5,8-11H2,1H3,(H,21,27)(H,22,23). The number of aromatic amines is 1. The van der Waals surface area contributed by atoms with Gasteiger partial charge in [0.15, 0.2) is 5.69 Å². The Hall–Kier alpha value is -3.03. The highest BCUT2D eigenvalue weighted by atomic mass is 16.5. The number of ether oxygens (including phenoxy) is 1. The number of methoxy groups -OCH3 is 1. The molecule has 8 nitrogen and oxygen atoms in total. The van der Waals surface area contributed by atoms with Gasteiger partial charge >= 0.3 is 0 Å². The molecule has 0 radical (unpaired) electrons. The fourth-order valence-electron chi connectivity index (χ4n) is 3.93. The maximum atomic E-state index is 12.9. The van der Waals surface area contributed by atoms with Crippen LogP contribution in [0, 0.1) is 0 Å². The van der Waals surface area contributed by atoms with E-state index in [0.717, 1.165) is 62.1 Å². The molecule has 0 spiro atoms. The van der Waals surface area contributed by atoms with Gasteiger partial charge in [-0.05, 0) is 43.9 Å². The minimum Gasteiger partial charge on any atom is -0.495 e. The van der Waals surface area contributed by atoms with Gasteiger partial charge in [0.05, 0.1) is 12.8 Å². The summed E-state index contributed by atoms with van der Waals surface area (Å²) in [6.45, 7) is 2.89. The summed E-state index contributed by atoms with van der Waals surface area (Å²) >= 11 is 0. The number of amides is 2. The molecule has 4 rings (SSSR count). The first-order valence-electron chi connectivity index (χ1n) is 9.69. The third-order valence-corrected chi connectivity index (χ3v) is 5.53. The molecule has 1 saturated heterocycles. The molecule has 1 fully saturated rings. The number of hydrogen-bond donors (Lipinski definition) is 2. The van der Waals surface area contributed by atoms with Gasteiger partial charge in [-0.3, -0.25) is 14.7 Å². The predicted molar refractivity (Wildman–Crippen MR) is 106 cm³/mol. The second-order valence-corrected chi connectivity index (χ2v) is 7.20. The first-order chi connectivity index (χ1) is 13.7. The van der Waals surface area contributed by atoms with Gasteiger partial charge in [-0.25, -0.2) is 0 Å². The molecular formula is C20H25N5O3. The first kappa shape index (κ1) is 18.3. The lowest BCUT2D eigenvalue weighted by atomic mass is 9.96. The summed E-state index contributed by atoms with van der Waals surface area (Å²) in [7, 11) is 1.59. The number of anilines is 2. The van der Waals surface area contributed by atoms with Gasteiger partial charge in [0.1, 0.15) is 5.75 Å². The Morgan fingerprint density at radius 2 is 2.00 bits per heavy atom. The van der Waals surface area contributed by atoms with Crippen molar-refractivity contribution in [1.82, 2.24) is 15.1 Å². The molecule has 0 bridgehead atoms. The lowest BCUT2D eigenvalue weighted by molar-refractivity contribution is -0.118. The summed E-state index contributed by atoms with van der Waals surface area (Å²) < 4.78 is 5.44. The van der Waals surface area contributed by atoms with E-state index in [2.05, 4.69) is 20.4 Å². The van der Waals surface area contributed by atoms with Crippen LogP contribution in [0.2, 0.25) is 0 Å². The van der Waals surface area contributed by atoms with Crippen LogP contribution in [0.5, 0.6) is 5.75 Å². The highest BCUT2D eigenvalue weighted by Gasteiger charge is 2.23. The Kier molecular flexibility index (Phi) is 5.18. The summed E-state index contributed by atoms with van der Waals surface area (Å²) in [5.74, 6) is 0.383. The molecule has 1 aromatic carbocycles. The van der Waals surface area contributed by atoms with Crippen molar-refractivity contribution in [1.29, 1.82) is 0 Å². The molecule has 2 aromatic rings. The van der Waals surface area contributed by atoms with Gasteiger partial charge in [0.2, 0.25) is 6.41 Å². The normalized spacial score (nSPS) is 16.5. The Bertz CT molecular complexity index is 871. The first-order valence-corrected chi connectivity index (χ1v) is 9.69. The van der Waals surface area contributed by atoms with Gasteiger partial charge in [0, 0.05) is 43.1 Å². The number of nitrogens with one attached hydrogen (secondary N) is 2. The zero-order valence-electron chi connectivity index (χ0n) is 16.0. The number of rotatable bonds is 5. The van der Waals surface area contributed by atoms with E-state index < -0.39 is 0 Å². The Balaban J connectivity index is 1.54. The highest BCUT2D eigenvalue weighted by Crippen LogP contribution is 2.31. The van der Waals surface area contributed by atoms with Crippen molar-refractivity contribution in [3.8, 4) is 5.75 Å². The van der Waals surface area contributed by atoms with Crippen molar-refractivity contribution in [2.45, 2.75) is 25.7 Å². The van der Waals surface area contributed by atoms with Crippen LogP contribution in [0.15, 0.2) is 18.2 Å². The molecule has 2 N–H and O–H groups in total. The number of piperazine rings is 1. The van der Waals surface area contributed by atoms with Crippen LogP contribution >= 0.6 is 0 Å². The summed E-state index contributed by atoms with van der Waals surface area (Å²) in [6, 6.07) is 5.75. The van der Waals surface area contributed by atoms with Crippen LogP contribution in [0.1, 0.15) is 34.6 Å². The Labute approximate surface area is 163 Å². The van der Waals surface area contributed by atoms with Crippen molar-refractivity contribution in [3.05, 3.63) is 35.2 Å². The Morgan fingerprint density at radius 1 is 1.21 bits per heavy atom.